The minimum atomic E-state index is -5.16. The van der Waals surface area contributed by atoms with Crippen LogP contribution in [-0.2, 0) is 25.8 Å². The molecule has 1 aromatic carbocycles. The van der Waals surface area contributed by atoms with Crippen molar-refractivity contribution < 1.29 is 98.5 Å². The molecule has 0 amide bonds. The summed E-state index contributed by atoms with van der Waals surface area (Å²) in [7, 11) is -3.68. The molecule has 1 saturated heterocycles. The predicted octanol–water partition coefficient (Wildman–Crippen LogP) is -3.95. The van der Waals surface area contributed by atoms with Crippen molar-refractivity contribution in [1.29, 1.82) is 0 Å². The second kappa shape index (κ2) is 11.9. The van der Waals surface area contributed by atoms with Crippen molar-refractivity contribution in [3.05, 3.63) is 30.0 Å². The Balaban J connectivity index is 0.00000363. The van der Waals surface area contributed by atoms with Gasteiger partial charge in [-0.1, -0.05) is 23.0 Å². The Morgan fingerprint density at radius 2 is 2.00 bits per heavy atom. The van der Waals surface area contributed by atoms with E-state index >= 15 is 0 Å². The van der Waals surface area contributed by atoms with Gasteiger partial charge in [0.05, 0.1) is 13.7 Å². The number of oxime groups is 1. The van der Waals surface area contributed by atoms with Crippen LogP contribution in [0.15, 0.2) is 29.6 Å². The minimum Gasteiger partial charge on any atom is -0.714 e. The number of hydrogen-bond acceptors (Lipinski definition) is 12. The van der Waals surface area contributed by atoms with Crippen LogP contribution >= 0.6 is 11.8 Å². The maximum absolute atomic E-state index is 10.9. The number of ether oxygens (including phenoxy) is 2. The second-order valence-electron chi connectivity index (χ2n) is 6.66. The third-order valence-electron chi connectivity index (χ3n) is 4.64. The van der Waals surface area contributed by atoms with Crippen LogP contribution in [0.25, 0.3) is 10.9 Å². The maximum atomic E-state index is 10.9. The van der Waals surface area contributed by atoms with Gasteiger partial charge in [0, 0.05) is 23.5 Å². The van der Waals surface area contributed by atoms with E-state index < -0.39 is 46.9 Å². The molecule has 3 rings (SSSR count). The van der Waals surface area contributed by atoms with E-state index in [2.05, 4.69) is 14.4 Å². The summed E-state index contributed by atoms with van der Waals surface area (Å²) in [5.41, 5.74) is 0.0819. The fraction of sp³-hybridized carbons (Fsp3) is 0.471. The number of thioether (sulfide) groups is 1. The summed E-state index contributed by atoms with van der Waals surface area (Å²) in [6.07, 6.45) is -4.41. The van der Waals surface area contributed by atoms with Gasteiger partial charge in [-0.25, -0.2) is 0 Å². The van der Waals surface area contributed by atoms with Gasteiger partial charge in [-0.15, -0.1) is 0 Å². The van der Waals surface area contributed by atoms with Crippen LogP contribution in [0, 0.1) is 0 Å². The summed E-state index contributed by atoms with van der Waals surface area (Å²) in [6.45, 7) is -0.639. The van der Waals surface area contributed by atoms with E-state index in [1.165, 1.54) is 7.11 Å². The van der Waals surface area contributed by atoms with Crippen LogP contribution in [-0.4, -0.2) is 87.0 Å². The average molecular weight is 517 g/mol. The summed E-state index contributed by atoms with van der Waals surface area (Å²) < 4.78 is 47.5. The van der Waals surface area contributed by atoms with Crippen LogP contribution in [0.3, 0.4) is 0 Å². The molecule has 0 bridgehead atoms. The molecule has 0 aliphatic carbocycles. The number of rotatable bonds is 7. The second-order valence-corrected chi connectivity index (χ2v) is 8.79. The Morgan fingerprint density at radius 1 is 1.28 bits per heavy atom. The molecule has 0 unspecified atom stereocenters. The van der Waals surface area contributed by atoms with Gasteiger partial charge < -0.3 is 39.4 Å². The minimum absolute atomic E-state index is 0. The first-order chi connectivity index (χ1) is 14.6. The monoisotopic (exact) mass is 516 g/mol. The molecule has 5 N–H and O–H groups in total. The molecule has 12 nitrogen and oxygen atoms in total. The van der Waals surface area contributed by atoms with Crippen molar-refractivity contribution in [3.8, 4) is 5.75 Å². The summed E-state index contributed by atoms with van der Waals surface area (Å²) in [5, 5.41) is 43.4. The van der Waals surface area contributed by atoms with Crippen LogP contribution in [0.4, 0.5) is 0 Å². The number of nitrogens with zero attached hydrogens (tertiary/aromatic N) is 1. The Labute approximate surface area is 230 Å². The molecular weight excluding hydrogens is 495 g/mol. The van der Waals surface area contributed by atoms with E-state index in [0.717, 1.165) is 5.52 Å². The number of methoxy groups -OCH3 is 1. The third kappa shape index (κ3) is 6.65. The number of aromatic nitrogens is 1. The van der Waals surface area contributed by atoms with E-state index in [4.69, 9.17) is 9.47 Å². The van der Waals surface area contributed by atoms with Crippen molar-refractivity contribution >= 4 is 38.1 Å². The Bertz CT molecular complexity index is 1050. The van der Waals surface area contributed by atoms with E-state index in [-0.39, 0.29) is 62.8 Å². The van der Waals surface area contributed by atoms with Gasteiger partial charge in [-0.3, -0.25) is 4.28 Å². The van der Waals surface area contributed by atoms with Crippen molar-refractivity contribution in [3.63, 3.8) is 0 Å². The molecule has 0 saturated carbocycles. The Morgan fingerprint density at radius 3 is 2.62 bits per heavy atom. The molecule has 0 radical (unpaired) electrons. The molecular formula is C17H21KN2O10S2. The third-order valence-corrected chi connectivity index (χ3v) is 6.01. The van der Waals surface area contributed by atoms with E-state index in [1.54, 1.807) is 24.4 Å². The number of aromatic amines is 1. The number of hydrogen-bond donors (Lipinski definition) is 5. The largest absolute Gasteiger partial charge is 1.00 e. The zero-order valence-corrected chi connectivity index (χ0v) is 21.9. The normalized spacial score (nSPS) is 26.6. The van der Waals surface area contributed by atoms with Gasteiger partial charge in [0.15, 0.2) is 0 Å². The molecule has 1 fully saturated rings. The van der Waals surface area contributed by atoms with Gasteiger partial charge in [-0.2, -0.15) is 8.42 Å². The number of fused-ring (bicyclic) bond motifs is 1. The molecule has 2 heterocycles. The number of nitrogens with one attached hydrogen (secondary N) is 1. The predicted molar refractivity (Wildman–Crippen MR) is 108 cm³/mol. The molecule has 32 heavy (non-hydrogen) atoms. The van der Waals surface area contributed by atoms with Crippen molar-refractivity contribution in [2.24, 2.45) is 5.16 Å². The number of aliphatic hydroxyl groups is 4. The average Bonchev–Trinajstić information content (AvgIpc) is 3.14. The maximum Gasteiger partial charge on any atom is 1.00 e. The van der Waals surface area contributed by atoms with Crippen LogP contribution in [0.2, 0.25) is 0 Å². The van der Waals surface area contributed by atoms with E-state index in [0.29, 0.717) is 28.5 Å². The van der Waals surface area contributed by atoms with E-state index in [1.807, 2.05) is 0 Å². The quantitative estimate of drug-likeness (QED) is 0.0602. The zero-order chi connectivity index (χ0) is 22.8. The standard InChI is InChI=1S/C17H22N2O10S2.K/c1-27-10-4-2-3-9-13(10)8(6-18-9)5-12(19-29-31(24,25)26)30-17-16(23)15(22)14(21)11(7-20)28-17;/h2-4,6,11,14-18,20-23H,5,7H2,1H3,(H,24,25,26);/q;+1/p-1/b19-12-;/t11-,14-,15+,16-,17+;/m1./s1. The van der Waals surface area contributed by atoms with Gasteiger partial charge in [-0.05, 0) is 17.7 Å². The molecule has 2 aromatic rings. The molecule has 1 aliphatic heterocycles. The number of aliphatic hydroxyl groups excluding tert-OH is 4. The summed E-state index contributed by atoms with van der Waals surface area (Å²) in [5.74, 6) is 0.531. The number of benzene rings is 1. The first-order valence-corrected chi connectivity index (χ1v) is 11.2. The zero-order valence-electron chi connectivity index (χ0n) is 17.1. The van der Waals surface area contributed by atoms with Crippen molar-refractivity contribution in [2.45, 2.75) is 36.3 Å². The molecule has 1 aliphatic rings. The van der Waals surface area contributed by atoms with Crippen molar-refractivity contribution in [1.82, 2.24) is 4.98 Å². The van der Waals surface area contributed by atoms with Gasteiger partial charge in [0.2, 0.25) is 0 Å². The fourth-order valence-electron chi connectivity index (χ4n) is 3.17. The van der Waals surface area contributed by atoms with Gasteiger partial charge in [0.25, 0.3) is 10.4 Å². The first-order valence-electron chi connectivity index (χ1n) is 8.96. The Hall–Kier alpha value is -0.274. The van der Waals surface area contributed by atoms with Crippen LogP contribution in [0.5, 0.6) is 5.75 Å². The first kappa shape index (κ1) is 28.0. The van der Waals surface area contributed by atoms with Gasteiger partial charge in [0.1, 0.15) is 40.6 Å². The van der Waals surface area contributed by atoms with Crippen molar-refractivity contribution in [2.75, 3.05) is 13.7 Å². The fourth-order valence-corrected chi connectivity index (χ4v) is 4.49. The van der Waals surface area contributed by atoms with Crippen LogP contribution in [0.1, 0.15) is 5.56 Å². The molecule has 172 valence electrons. The molecule has 1 aromatic heterocycles. The summed E-state index contributed by atoms with van der Waals surface area (Å²) >= 11 is 0.672. The smallest absolute Gasteiger partial charge is 0.714 e. The topological polar surface area (TPSA) is 194 Å². The Kier molecular flexibility index (Phi) is 10.4. The summed E-state index contributed by atoms with van der Waals surface area (Å²) in [4.78, 5) is 3.03. The molecule has 5 atom stereocenters. The van der Waals surface area contributed by atoms with Crippen LogP contribution < -0.4 is 56.1 Å². The van der Waals surface area contributed by atoms with Gasteiger partial charge >= 0.3 is 51.4 Å². The number of H-pyrrole nitrogens is 1. The van der Waals surface area contributed by atoms with E-state index in [9.17, 15) is 33.4 Å². The summed E-state index contributed by atoms with van der Waals surface area (Å²) in [6, 6.07) is 5.29. The molecule has 15 heteroatoms. The SMILES string of the molecule is COc1cccc2[nH]cc(C/C(=N/OS(=O)(=O)[O-])S[C@@H]3O[C@H](CO)[C@@H](O)[C@H](O)[C@H]3O)c12.[K+]. The molecule has 0 spiro atoms.